The van der Waals surface area contributed by atoms with E-state index in [0.29, 0.717) is 35.2 Å². The average Bonchev–Trinajstić information content (AvgIpc) is 3.16. The van der Waals surface area contributed by atoms with Gasteiger partial charge in [-0.05, 0) is 47.7 Å². The molecule has 0 N–H and O–H groups in total. The number of amides is 2. The molecule has 1 aliphatic rings. The predicted octanol–water partition coefficient (Wildman–Crippen LogP) is 6.46. The summed E-state index contributed by atoms with van der Waals surface area (Å²) in [6, 6.07) is 27.9. The molecule has 35 heavy (non-hydrogen) atoms. The molecule has 2 amide bonds. The number of carbonyl (C=O) groups excluding carboxylic acids is 2. The molecule has 4 nitrogen and oxygen atoms in total. The highest BCUT2D eigenvalue weighted by atomic mass is 32.2. The third kappa shape index (κ3) is 6.47. The summed E-state index contributed by atoms with van der Waals surface area (Å²) in [6.07, 6.45) is 3.74. The van der Waals surface area contributed by atoms with Crippen LogP contribution in [0, 0.1) is 0 Å². The van der Waals surface area contributed by atoms with Crippen LogP contribution >= 0.6 is 24.0 Å². The Morgan fingerprint density at radius 1 is 0.943 bits per heavy atom. The predicted molar refractivity (Wildman–Crippen MR) is 149 cm³/mol. The van der Waals surface area contributed by atoms with Crippen LogP contribution in [0.5, 0.6) is 0 Å². The van der Waals surface area contributed by atoms with Crippen LogP contribution in [0.1, 0.15) is 36.5 Å². The lowest BCUT2D eigenvalue weighted by atomic mass is 10.1. The maximum Gasteiger partial charge on any atom is 0.266 e. The Morgan fingerprint density at radius 2 is 1.60 bits per heavy atom. The molecule has 0 spiro atoms. The first-order valence-corrected chi connectivity index (χ1v) is 13.0. The van der Waals surface area contributed by atoms with E-state index in [1.165, 1.54) is 17.3 Å². The van der Waals surface area contributed by atoms with E-state index in [2.05, 4.69) is 19.1 Å². The topological polar surface area (TPSA) is 40.6 Å². The van der Waals surface area contributed by atoms with Crippen molar-refractivity contribution in [3.8, 4) is 0 Å². The Kier molecular flexibility index (Phi) is 8.50. The lowest BCUT2D eigenvalue weighted by Crippen LogP contribution is -2.33. The summed E-state index contributed by atoms with van der Waals surface area (Å²) in [5, 5.41) is 0. The van der Waals surface area contributed by atoms with Crippen LogP contribution < -0.4 is 4.90 Å². The molecule has 3 aromatic rings. The number of hydrogen-bond donors (Lipinski definition) is 0. The molecule has 0 saturated carbocycles. The second-order valence-electron chi connectivity index (χ2n) is 8.33. The number of thiocarbonyl (C=S) groups is 1. The Hall–Kier alpha value is -3.22. The van der Waals surface area contributed by atoms with E-state index in [9.17, 15) is 9.59 Å². The maximum atomic E-state index is 13.2. The van der Waals surface area contributed by atoms with Gasteiger partial charge in [-0.3, -0.25) is 14.5 Å². The number of carbonyl (C=O) groups is 2. The molecule has 3 aromatic carbocycles. The third-order valence-electron chi connectivity index (χ3n) is 5.88. The monoisotopic (exact) mass is 500 g/mol. The Balaban J connectivity index is 1.38. The van der Waals surface area contributed by atoms with E-state index in [1.807, 2.05) is 78.9 Å². The highest BCUT2D eigenvalue weighted by Crippen LogP contribution is 2.33. The van der Waals surface area contributed by atoms with Gasteiger partial charge in [0.25, 0.3) is 5.91 Å². The molecule has 4 rings (SSSR count). The van der Waals surface area contributed by atoms with Gasteiger partial charge in [-0.25, -0.2) is 0 Å². The van der Waals surface area contributed by atoms with Gasteiger partial charge < -0.3 is 4.90 Å². The van der Waals surface area contributed by atoms with E-state index >= 15 is 0 Å². The van der Waals surface area contributed by atoms with Gasteiger partial charge in [0.1, 0.15) is 4.32 Å². The molecule has 0 bridgehead atoms. The summed E-state index contributed by atoms with van der Waals surface area (Å²) in [6.45, 7) is 3.05. The number of hydrogen-bond acceptors (Lipinski definition) is 4. The molecule has 0 atom stereocenters. The number of para-hydroxylation sites is 1. The van der Waals surface area contributed by atoms with Crippen molar-refractivity contribution in [1.29, 1.82) is 0 Å². The quantitative estimate of drug-likeness (QED) is 0.250. The number of anilines is 1. The third-order valence-corrected chi connectivity index (χ3v) is 7.26. The Labute approximate surface area is 216 Å². The standard InChI is InChI=1S/C29H28N2O2S2/c1-2-22-15-17-23(18-16-22)20-26-28(33)30(29(34)35-26)19-9-14-27(32)31(25-12-7-4-8-13-25)21-24-10-5-3-6-11-24/h3-8,10-13,15-18,20H,2,9,14,19,21H2,1H3. The second kappa shape index (κ2) is 12.0. The fraction of sp³-hybridized carbons (Fsp3) is 0.207. The van der Waals surface area contributed by atoms with Crippen LogP contribution in [0.25, 0.3) is 6.08 Å². The smallest absolute Gasteiger partial charge is 0.266 e. The first-order chi connectivity index (χ1) is 17.0. The van der Waals surface area contributed by atoms with Gasteiger partial charge in [-0.2, -0.15) is 0 Å². The minimum Gasteiger partial charge on any atom is -0.308 e. The SMILES string of the molecule is CCc1ccc(C=C2SC(=S)N(CCCC(=O)N(Cc3ccccc3)c3ccccc3)C2=O)cc1. The fourth-order valence-electron chi connectivity index (χ4n) is 3.91. The highest BCUT2D eigenvalue weighted by Gasteiger charge is 2.31. The fourth-order valence-corrected chi connectivity index (χ4v) is 5.22. The summed E-state index contributed by atoms with van der Waals surface area (Å²) in [7, 11) is 0. The molecule has 1 fully saturated rings. The lowest BCUT2D eigenvalue weighted by Gasteiger charge is -2.24. The zero-order chi connectivity index (χ0) is 24.6. The van der Waals surface area contributed by atoms with Gasteiger partial charge in [-0.1, -0.05) is 104 Å². The van der Waals surface area contributed by atoms with Crippen molar-refractivity contribution in [3.63, 3.8) is 0 Å². The molecule has 0 aromatic heterocycles. The average molecular weight is 501 g/mol. The van der Waals surface area contributed by atoms with Gasteiger partial charge in [0.2, 0.25) is 5.91 Å². The normalized spacial score (nSPS) is 14.5. The van der Waals surface area contributed by atoms with Gasteiger partial charge in [0, 0.05) is 18.7 Å². The molecule has 0 radical (unpaired) electrons. The van der Waals surface area contributed by atoms with Crippen LogP contribution in [-0.2, 0) is 22.6 Å². The van der Waals surface area contributed by atoms with E-state index in [1.54, 1.807) is 9.80 Å². The highest BCUT2D eigenvalue weighted by molar-refractivity contribution is 8.26. The molecular weight excluding hydrogens is 472 g/mol. The summed E-state index contributed by atoms with van der Waals surface area (Å²) >= 11 is 6.80. The maximum absolute atomic E-state index is 13.2. The number of rotatable bonds is 9. The van der Waals surface area contributed by atoms with Gasteiger partial charge in [0.05, 0.1) is 11.4 Å². The van der Waals surface area contributed by atoms with E-state index < -0.39 is 0 Å². The summed E-state index contributed by atoms with van der Waals surface area (Å²) < 4.78 is 0.545. The van der Waals surface area contributed by atoms with Crippen LogP contribution in [0.15, 0.2) is 89.8 Å². The van der Waals surface area contributed by atoms with Gasteiger partial charge in [-0.15, -0.1) is 0 Å². The molecule has 1 aliphatic heterocycles. The number of benzene rings is 3. The lowest BCUT2D eigenvalue weighted by molar-refractivity contribution is -0.123. The number of thioether (sulfide) groups is 1. The molecule has 1 saturated heterocycles. The second-order valence-corrected chi connectivity index (χ2v) is 10.0. The summed E-state index contributed by atoms with van der Waals surface area (Å²) in [4.78, 5) is 30.2. The zero-order valence-electron chi connectivity index (χ0n) is 19.7. The molecule has 1 heterocycles. The van der Waals surface area contributed by atoms with Gasteiger partial charge >= 0.3 is 0 Å². The number of aryl methyl sites for hydroxylation is 1. The minimum absolute atomic E-state index is 0.0250. The van der Waals surface area contributed by atoms with Crippen molar-refractivity contribution >= 4 is 51.9 Å². The van der Waals surface area contributed by atoms with Crippen molar-refractivity contribution in [3.05, 3.63) is 107 Å². The van der Waals surface area contributed by atoms with Crippen molar-refractivity contribution in [2.24, 2.45) is 0 Å². The largest absolute Gasteiger partial charge is 0.308 e. The van der Waals surface area contributed by atoms with Crippen LogP contribution in [-0.4, -0.2) is 27.6 Å². The van der Waals surface area contributed by atoms with Crippen molar-refractivity contribution in [1.82, 2.24) is 4.90 Å². The van der Waals surface area contributed by atoms with Crippen LogP contribution in [0.3, 0.4) is 0 Å². The molecule has 0 unspecified atom stereocenters. The first kappa shape index (κ1) is 24.9. The van der Waals surface area contributed by atoms with Crippen molar-refractivity contribution in [2.45, 2.75) is 32.7 Å². The zero-order valence-corrected chi connectivity index (χ0v) is 21.4. The molecule has 178 valence electrons. The van der Waals surface area contributed by atoms with Crippen LogP contribution in [0.2, 0.25) is 0 Å². The first-order valence-electron chi connectivity index (χ1n) is 11.8. The van der Waals surface area contributed by atoms with Crippen molar-refractivity contribution in [2.75, 3.05) is 11.4 Å². The minimum atomic E-state index is -0.0868. The van der Waals surface area contributed by atoms with E-state index in [-0.39, 0.29) is 11.8 Å². The van der Waals surface area contributed by atoms with Crippen molar-refractivity contribution < 1.29 is 9.59 Å². The van der Waals surface area contributed by atoms with E-state index in [4.69, 9.17) is 12.2 Å². The summed E-state index contributed by atoms with van der Waals surface area (Å²) in [5.74, 6) is -0.0618. The summed E-state index contributed by atoms with van der Waals surface area (Å²) in [5.41, 5.74) is 4.18. The Morgan fingerprint density at radius 3 is 2.26 bits per heavy atom. The molecule has 6 heteroatoms. The van der Waals surface area contributed by atoms with Gasteiger partial charge in [0.15, 0.2) is 0 Å². The molecule has 0 aliphatic carbocycles. The van der Waals surface area contributed by atoms with Crippen LogP contribution in [0.4, 0.5) is 5.69 Å². The molecular formula is C29H28N2O2S2. The van der Waals surface area contributed by atoms with E-state index in [0.717, 1.165) is 23.2 Å². The number of nitrogens with zero attached hydrogens (tertiary/aromatic N) is 2. The Bertz CT molecular complexity index is 1210.